The summed E-state index contributed by atoms with van der Waals surface area (Å²) >= 11 is 0. The van der Waals surface area contributed by atoms with Crippen molar-refractivity contribution < 1.29 is 14.7 Å². The first-order chi connectivity index (χ1) is 9.58. The van der Waals surface area contributed by atoms with Crippen molar-refractivity contribution in [1.29, 1.82) is 0 Å². The molecule has 0 atom stereocenters. The maximum atomic E-state index is 11.5. The molecule has 0 bridgehead atoms. The van der Waals surface area contributed by atoms with Crippen LogP contribution in [0.1, 0.15) is 31.2 Å². The number of carbonyl (C=O) groups is 2. The summed E-state index contributed by atoms with van der Waals surface area (Å²) in [5.74, 6) is -0.369. The van der Waals surface area contributed by atoms with Gasteiger partial charge < -0.3 is 15.7 Å². The highest BCUT2D eigenvalue weighted by atomic mass is 16.4. The van der Waals surface area contributed by atoms with Gasteiger partial charge in [-0.2, -0.15) is 0 Å². The van der Waals surface area contributed by atoms with Crippen molar-refractivity contribution >= 4 is 12.0 Å². The third kappa shape index (κ3) is 3.50. The van der Waals surface area contributed by atoms with Gasteiger partial charge in [-0.25, -0.2) is 4.79 Å². The fourth-order valence-electron chi connectivity index (χ4n) is 2.81. The van der Waals surface area contributed by atoms with E-state index in [2.05, 4.69) is 0 Å². The van der Waals surface area contributed by atoms with Crippen molar-refractivity contribution in [3.05, 3.63) is 35.9 Å². The van der Waals surface area contributed by atoms with Gasteiger partial charge in [0, 0.05) is 18.5 Å². The van der Waals surface area contributed by atoms with Gasteiger partial charge in [-0.3, -0.25) is 4.79 Å². The Morgan fingerprint density at radius 2 is 1.75 bits per heavy atom. The smallest absolute Gasteiger partial charge is 0.407 e. The largest absolute Gasteiger partial charge is 0.465 e. The molecule has 20 heavy (non-hydrogen) atoms. The quantitative estimate of drug-likeness (QED) is 0.884. The van der Waals surface area contributed by atoms with E-state index in [1.54, 1.807) is 0 Å². The molecule has 1 aliphatic rings. The second kappa shape index (κ2) is 6.41. The number of rotatable bonds is 4. The van der Waals surface area contributed by atoms with Crippen LogP contribution in [0.3, 0.4) is 0 Å². The number of carbonyl (C=O) groups excluding carboxylic acids is 1. The van der Waals surface area contributed by atoms with Crippen molar-refractivity contribution in [2.45, 2.75) is 38.3 Å². The van der Waals surface area contributed by atoms with Gasteiger partial charge in [0.25, 0.3) is 0 Å². The minimum Gasteiger partial charge on any atom is -0.465 e. The number of hydrogen-bond acceptors (Lipinski definition) is 2. The van der Waals surface area contributed by atoms with Crippen molar-refractivity contribution in [3.63, 3.8) is 0 Å². The van der Waals surface area contributed by atoms with Gasteiger partial charge in [-0.05, 0) is 31.2 Å². The molecule has 1 aromatic carbocycles. The van der Waals surface area contributed by atoms with Gasteiger partial charge in [-0.15, -0.1) is 0 Å². The summed E-state index contributed by atoms with van der Waals surface area (Å²) in [4.78, 5) is 24.1. The Morgan fingerprint density at radius 3 is 2.25 bits per heavy atom. The Morgan fingerprint density at radius 1 is 1.15 bits per heavy atom. The van der Waals surface area contributed by atoms with E-state index < -0.39 is 6.09 Å². The lowest BCUT2D eigenvalue weighted by molar-refractivity contribution is -0.123. The van der Waals surface area contributed by atoms with Crippen LogP contribution in [0.5, 0.6) is 0 Å². The summed E-state index contributed by atoms with van der Waals surface area (Å²) in [5.41, 5.74) is 6.28. The Balaban J connectivity index is 2.00. The second-order valence-corrected chi connectivity index (χ2v) is 5.30. The van der Waals surface area contributed by atoms with Gasteiger partial charge in [0.15, 0.2) is 0 Å². The van der Waals surface area contributed by atoms with Gasteiger partial charge in [-0.1, -0.05) is 30.3 Å². The number of nitrogens with two attached hydrogens (primary N) is 1. The summed E-state index contributed by atoms with van der Waals surface area (Å²) in [6, 6.07) is 9.53. The Kier molecular flexibility index (Phi) is 4.61. The van der Waals surface area contributed by atoms with Crippen LogP contribution in [0.4, 0.5) is 4.79 Å². The first-order valence-corrected chi connectivity index (χ1v) is 6.90. The molecule has 1 aromatic rings. The number of carboxylic acid groups (broad SMARTS) is 1. The van der Waals surface area contributed by atoms with Crippen molar-refractivity contribution in [3.8, 4) is 0 Å². The lowest BCUT2D eigenvalue weighted by atomic mass is 9.85. The van der Waals surface area contributed by atoms with Crippen LogP contribution >= 0.6 is 0 Å². The van der Waals surface area contributed by atoms with Gasteiger partial charge in [0.1, 0.15) is 0 Å². The monoisotopic (exact) mass is 276 g/mol. The second-order valence-electron chi connectivity index (χ2n) is 5.30. The van der Waals surface area contributed by atoms with E-state index >= 15 is 0 Å². The number of primary amides is 1. The highest BCUT2D eigenvalue weighted by Crippen LogP contribution is 2.28. The van der Waals surface area contributed by atoms with Crippen LogP contribution in [0.25, 0.3) is 0 Å². The molecule has 0 saturated heterocycles. The molecule has 3 N–H and O–H groups in total. The highest BCUT2D eigenvalue weighted by molar-refractivity contribution is 5.76. The molecule has 0 radical (unpaired) electrons. The van der Waals surface area contributed by atoms with Crippen molar-refractivity contribution in [2.75, 3.05) is 0 Å². The van der Waals surface area contributed by atoms with E-state index in [1.165, 1.54) is 4.90 Å². The molecule has 0 unspecified atom stereocenters. The molecule has 108 valence electrons. The molecular weight excluding hydrogens is 256 g/mol. The van der Waals surface area contributed by atoms with Gasteiger partial charge >= 0.3 is 6.09 Å². The summed E-state index contributed by atoms with van der Waals surface area (Å²) in [6.45, 7) is 0.391. The lowest BCUT2D eigenvalue weighted by Gasteiger charge is -2.34. The van der Waals surface area contributed by atoms with Crippen LogP contribution in [0, 0.1) is 5.92 Å². The minimum absolute atomic E-state index is 0.0247. The van der Waals surface area contributed by atoms with Crippen LogP contribution in [-0.2, 0) is 11.3 Å². The summed E-state index contributed by atoms with van der Waals surface area (Å²) in [7, 11) is 0. The zero-order valence-electron chi connectivity index (χ0n) is 11.4. The molecule has 1 aliphatic carbocycles. The molecule has 0 heterocycles. The molecular formula is C15H20N2O3. The van der Waals surface area contributed by atoms with E-state index in [4.69, 9.17) is 5.73 Å². The highest BCUT2D eigenvalue weighted by Gasteiger charge is 2.30. The molecule has 5 nitrogen and oxygen atoms in total. The average molecular weight is 276 g/mol. The molecule has 2 rings (SSSR count). The Bertz CT molecular complexity index is 467. The van der Waals surface area contributed by atoms with Gasteiger partial charge in [0.05, 0.1) is 0 Å². The molecule has 1 fully saturated rings. The van der Waals surface area contributed by atoms with E-state index in [-0.39, 0.29) is 17.9 Å². The molecule has 0 aromatic heterocycles. The van der Waals surface area contributed by atoms with Crippen molar-refractivity contribution in [1.82, 2.24) is 4.90 Å². The third-order valence-corrected chi connectivity index (χ3v) is 3.98. The fourth-order valence-corrected chi connectivity index (χ4v) is 2.81. The SMILES string of the molecule is NC(=O)C1CCC(N(Cc2ccccc2)C(=O)O)CC1. The van der Waals surface area contributed by atoms with E-state index in [9.17, 15) is 14.7 Å². The molecule has 0 spiro atoms. The van der Waals surface area contributed by atoms with E-state index in [0.29, 0.717) is 32.2 Å². The number of amides is 2. The maximum absolute atomic E-state index is 11.5. The molecule has 1 saturated carbocycles. The molecule has 2 amide bonds. The zero-order valence-corrected chi connectivity index (χ0v) is 11.4. The standard InChI is InChI=1S/C15H20N2O3/c16-14(18)12-6-8-13(9-7-12)17(15(19)20)10-11-4-2-1-3-5-11/h1-5,12-13H,6-10H2,(H2,16,18)(H,19,20). The average Bonchev–Trinajstić information content (AvgIpc) is 2.45. The summed E-state index contributed by atoms with van der Waals surface area (Å²) in [5, 5.41) is 9.40. The first kappa shape index (κ1) is 14.4. The van der Waals surface area contributed by atoms with Crippen LogP contribution < -0.4 is 5.73 Å². The van der Waals surface area contributed by atoms with Crippen LogP contribution in [0.15, 0.2) is 30.3 Å². The normalized spacial score (nSPS) is 22.2. The van der Waals surface area contributed by atoms with E-state index in [1.807, 2.05) is 30.3 Å². The maximum Gasteiger partial charge on any atom is 0.407 e. The summed E-state index contributed by atoms with van der Waals surface area (Å²) < 4.78 is 0. The lowest BCUT2D eigenvalue weighted by Crippen LogP contribution is -2.42. The molecule has 5 heteroatoms. The first-order valence-electron chi connectivity index (χ1n) is 6.90. The minimum atomic E-state index is -0.906. The van der Waals surface area contributed by atoms with E-state index in [0.717, 1.165) is 5.56 Å². The third-order valence-electron chi connectivity index (χ3n) is 3.98. The fraction of sp³-hybridized carbons (Fsp3) is 0.467. The number of benzene rings is 1. The Hall–Kier alpha value is -2.04. The predicted molar refractivity (Wildman–Crippen MR) is 75.0 cm³/mol. The van der Waals surface area contributed by atoms with Gasteiger partial charge in [0.2, 0.25) is 5.91 Å². The predicted octanol–water partition coefficient (Wildman–Crippen LogP) is 2.21. The summed E-state index contributed by atoms with van der Waals surface area (Å²) in [6.07, 6.45) is 1.85. The number of nitrogens with zero attached hydrogens (tertiary/aromatic N) is 1. The molecule has 0 aliphatic heterocycles. The number of hydrogen-bond donors (Lipinski definition) is 2. The zero-order chi connectivity index (χ0) is 14.5. The van der Waals surface area contributed by atoms with Crippen LogP contribution in [0.2, 0.25) is 0 Å². The topological polar surface area (TPSA) is 83.6 Å². The van der Waals surface area contributed by atoms with Crippen molar-refractivity contribution in [2.24, 2.45) is 11.7 Å². The van der Waals surface area contributed by atoms with Crippen LogP contribution in [-0.4, -0.2) is 28.0 Å². The Labute approximate surface area is 118 Å².